The highest BCUT2D eigenvalue weighted by Crippen LogP contribution is 2.29. The molecule has 0 atom stereocenters. The summed E-state index contributed by atoms with van der Waals surface area (Å²) >= 11 is 1.23. The molecule has 9 heteroatoms. The first kappa shape index (κ1) is 21.3. The van der Waals surface area contributed by atoms with Crippen molar-refractivity contribution in [1.29, 1.82) is 0 Å². The normalized spacial score (nSPS) is 13.3. The first-order chi connectivity index (χ1) is 14.8. The van der Waals surface area contributed by atoms with Crippen molar-refractivity contribution in [2.75, 3.05) is 17.2 Å². The zero-order chi connectivity index (χ0) is 22.3. The van der Waals surface area contributed by atoms with Crippen molar-refractivity contribution < 1.29 is 4.79 Å². The molecule has 0 saturated carbocycles. The maximum atomic E-state index is 13.0. The van der Waals surface area contributed by atoms with Crippen LogP contribution in [0.15, 0.2) is 38.9 Å². The van der Waals surface area contributed by atoms with Crippen molar-refractivity contribution in [3.63, 3.8) is 0 Å². The Kier molecular flexibility index (Phi) is 5.70. The van der Waals surface area contributed by atoms with Crippen molar-refractivity contribution in [2.45, 2.75) is 31.7 Å². The average molecular weight is 440 g/mol. The van der Waals surface area contributed by atoms with E-state index in [0.29, 0.717) is 35.4 Å². The summed E-state index contributed by atoms with van der Waals surface area (Å²) in [5.41, 5.74) is 1.53. The van der Waals surface area contributed by atoms with Gasteiger partial charge in [-0.05, 0) is 24.0 Å². The number of aromatic nitrogens is 4. The minimum absolute atomic E-state index is 0.0336. The predicted octanol–water partition coefficient (Wildman–Crippen LogP) is 1.91. The summed E-state index contributed by atoms with van der Waals surface area (Å²) < 4.78 is 2.42. The lowest BCUT2D eigenvalue weighted by Crippen LogP contribution is -2.38. The zero-order valence-corrected chi connectivity index (χ0v) is 18.9. The number of amides is 1. The molecule has 2 aromatic heterocycles. The number of anilines is 1. The second-order valence-corrected chi connectivity index (χ2v) is 9.12. The minimum Gasteiger partial charge on any atom is -0.311 e. The summed E-state index contributed by atoms with van der Waals surface area (Å²) in [5.74, 6) is 0.982. The number of thioether (sulfide) groups is 1. The molecule has 1 aliphatic rings. The SMILES string of the molecule is CC(C)Cc1nc(SCC(=O)N2CCc3ccccc32)c2c(=O)n(C)c(=O)n(C)c2n1. The monoisotopic (exact) mass is 439 g/mol. The highest BCUT2D eigenvalue weighted by atomic mass is 32.2. The molecule has 1 aliphatic heterocycles. The van der Waals surface area contributed by atoms with Gasteiger partial charge >= 0.3 is 5.69 Å². The standard InChI is InChI=1S/C22H25N5O3S/c1-13(2)11-16-23-19-18(21(29)26(4)22(30)25(19)3)20(24-16)31-12-17(28)27-10-9-14-7-5-6-8-15(14)27/h5-8,13H,9-12H2,1-4H3. The Morgan fingerprint density at radius 3 is 2.61 bits per heavy atom. The molecule has 0 radical (unpaired) electrons. The molecule has 31 heavy (non-hydrogen) atoms. The molecule has 4 rings (SSSR count). The molecule has 3 aromatic rings. The maximum absolute atomic E-state index is 13.0. The summed E-state index contributed by atoms with van der Waals surface area (Å²) in [6.45, 7) is 4.76. The summed E-state index contributed by atoms with van der Waals surface area (Å²) in [4.78, 5) is 49.2. The van der Waals surface area contributed by atoms with Crippen LogP contribution >= 0.6 is 11.8 Å². The van der Waals surface area contributed by atoms with Crippen molar-refractivity contribution in [3.05, 3.63) is 56.5 Å². The third kappa shape index (κ3) is 3.89. The molecule has 0 saturated heterocycles. The van der Waals surface area contributed by atoms with Gasteiger partial charge in [0.25, 0.3) is 5.56 Å². The van der Waals surface area contributed by atoms with Gasteiger partial charge in [0, 0.05) is 32.7 Å². The fraction of sp³-hybridized carbons (Fsp3) is 0.409. The van der Waals surface area contributed by atoms with Crippen LogP contribution in [0.25, 0.3) is 11.0 Å². The zero-order valence-electron chi connectivity index (χ0n) is 18.1. The van der Waals surface area contributed by atoms with E-state index in [1.54, 1.807) is 11.9 Å². The van der Waals surface area contributed by atoms with Gasteiger partial charge in [0.1, 0.15) is 16.2 Å². The van der Waals surface area contributed by atoms with E-state index < -0.39 is 11.2 Å². The van der Waals surface area contributed by atoms with E-state index in [-0.39, 0.29) is 17.0 Å². The van der Waals surface area contributed by atoms with E-state index in [1.165, 1.54) is 23.4 Å². The molecule has 3 heterocycles. The van der Waals surface area contributed by atoms with Crippen molar-refractivity contribution >= 4 is 34.4 Å². The summed E-state index contributed by atoms with van der Waals surface area (Å²) in [5, 5.41) is 0.717. The van der Waals surface area contributed by atoms with Crippen LogP contribution in [0.2, 0.25) is 0 Å². The number of aryl methyl sites for hydroxylation is 1. The average Bonchev–Trinajstić information content (AvgIpc) is 3.18. The Balaban J connectivity index is 1.72. The lowest BCUT2D eigenvalue weighted by Gasteiger charge is -2.17. The molecular formula is C22H25N5O3S. The Morgan fingerprint density at radius 1 is 1.13 bits per heavy atom. The van der Waals surface area contributed by atoms with Gasteiger partial charge in [-0.25, -0.2) is 14.8 Å². The highest BCUT2D eigenvalue weighted by molar-refractivity contribution is 8.00. The van der Waals surface area contributed by atoms with Gasteiger partial charge < -0.3 is 4.90 Å². The number of carbonyl (C=O) groups excluding carboxylic acids is 1. The van der Waals surface area contributed by atoms with E-state index in [4.69, 9.17) is 0 Å². The van der Waals surface area contributed by atoms with Gasteiger partial charge in [0.05, 0.1) is 5.75 Å². The van der Waals surface area contributed by atoms with E-state index in [2.05, 4.69) is 23.8 Å². The fourth-order valence-electron chi connectivity index (χ4n) is 3.84. The summed E-state index contributed by atoms with van der Waals surface area (Å²) in [6, 6.07) is 7.90. The van der Waals surface area contributed by atoms with Crippen LogP contribution in [0, 0.1) is 5.92 Å². The first-order valence-electron chi connectivity index (χ1n) is 10.3. The quantitative estimate of drug-likeness (QED) is 0.446. The minimum atomic E-state index is -0.448. The number of hydrogen-bond acceptors (Lipinski definition) is 6. The van der Waals surface area contributed by atoms with Crippen LogP contribution in [0.1, 0.15) is 25.2 Å². The van der Waals surface area contributed by atoms with Gasteiger partial charge in [-0.15, -0.1) is 0 Å². The number of carbonyl (C=O) groups is 1. The molecule has 8 nitrogen and oxygen atoms in total. The van der Waals surface area contributed by atoms with Gasteiger partial charge in [-0.1, -0.05) is 43.8 Å². The summed E-state index contributed by atoms with van der Waals surface area (Å²) in [6.07, 6.45) is 1.45. The van der Waals surface area contributed by atoms with Crippen LogP contribution in [0.5, 0.6) is 0 Å². The molecule has 1 amide bonds. The smallest absolute Gasteiger partial charge is 0.311 e. The third-order valence-corrected chi connectivity index (χ3v) is 6.38. The number of para-hydroxylation sites is 1. The molecule has 0 fully saturated rings. The molecule has 0 bridgehead atoms. The predicted molar refractivity (Wildman–Crippen MR) is 122 cm³/mol. The Morgan fingerprint density at radius 2 is 1.87 bits per heavy atom. The molecule has 0 aliphatic carbocycles. The molecule has 0 N–H and O–H groups in total. The Bertz CT molecular complexity index is 1290. The van der Waals surface area contributed by atoms with Crippen LogP contribution < -0.4 is 16.1 Å². The second kappa shape index (κ2) is 8.30. The number of fused-ring (bicyclic) bond motifs is 2. The molecule has 1 aromatic carbocycles. The van der Waals surface area contributed by atoms with Gasteiger partial charge in [-0.3, -0.25) is 18.7 Å². The Labute approximate surface area is 183 Å². The fourth-order valence-corrected chi connectivity index (χ4v) is 4.75. The molecule has 0 unspecified atom stereocenters. The van der Waals surface area contributed by atoms with Crippen molar-refractivity contribution in [1.82, 2.24) is 19.1 Å². The number of benzene rings is 1. The number of rotatable bonds is 5. The van der Waals surface area contributed by atoms with E-state index in [9.17, 15) is 14.4 Å². The first-order valence-corrected chi connectivity index (χ1v) is 11.2. The van der Waals surface area contributed by atoms with Gasteiger partial charge in [0.2, 0.25) is 5.91 Å². The Hall–Kier alpha value is -2.94. The lowest BCUT2D eigenvalue weighted by molar-refractivity contribution is -0.116. The van der Waals surface area contributed by atoms with E-state index >= 15 is 0 Å². The van der Waals surface area contributed by atoms with Crippen molar-refractivity contribution in [3.8, 4) is 0 Å². The maximum Gasteiger partial charge on any atom is 0.332 e. The topological polar surface area (TPSA) is 90.1 Å². The van der Waals surface area contributed by atoms with Crippen LogP contribution in [0.4, 0.5) is 5.69 Å². The van der Waals surface area contributed by atoms with Crippen LogP contribution in [-0.2, 0) is 31.7 Å². The van der Waals surface area contributed by atoms with Gasteiger partial charge in [0.15, 0.2) is 5.65 Å². The largest absolute Gasteiger partial charge is 0.332 e. The van der Waals surface area contributed by atoms with Crippen molar-refractivity contribution in [2.24, 2.45) is 20.0 Å². The van der Waals surface area contributed by atoms with Gasteiger partial charge in [-0.2, -0.15) is 0 Å². The number of nitrogens with zero attached hydrogens (tertiary/aromatic N) is 5. The third-order valence-electron chi connectivity index (χ3n) is 5.42. The molecule has 0 spiro atoms. The second-order valence-electron chi connectivity index (χ2n) is 8.16. The molecule has 162 valence electrons. The van der Waals surface area contributed by atoms with Crippen LogP contribution in [0.3, 0.4) is 0 Å². The highest BCUT2D eigenvalue weighted by Gasteiger charge is 2.25. The summed E-state index contributed by atoms with van der Waals surface area (Å²) in [7, 11) is 3.03. The molecular weight excluding hydrogens is 414 g/mol. The van der Waals surface area contributed by atoms with E-state index in [0.717, 1.165) is 22.2 Å². The lowest BCUT2D eigenvalue weighted by atomic mass is 10.1. The van der Waals surface area contributed by atoms with Crippen LogP contribution in [-0.4, -0.2) is 37.3 Å². The van der Waals surface area contributed by atoms with E-state index in [1.807, 2.05) is 24.3 Å². The number of hydrogen-bond donors (Lipinski definition) is 0.